The molecular formula is C16H25BO2. The fraction of sp³-hybridized carbons (Fsp3) is 0.625. The van der Waals surface area contributed by atoms with Crippen LogP contribution in [-0.2, 0) is 9.31 Å². The second kappa shape index (κ2) is 5.30. The van der Waals surface area contributed by atoms with Crippen LogP contribution in [0.1, 0.15) is 52.5 Å². The van der Waals surface area contributed by atoms with Gasteiger partial charge < -0.3 is 9.31 Å². The predicted molar refractivity (Wildman–Crippen MR) is 80.4 cm³/mol. The zero-order chi connectivity index (χ0) is 14.1. The molecule has 2 rings (SSSR count). The molecule has 1 saturated heterocycles. The molecule has 0 radical (unpaired) electrons. The molecule has 19 heavy (non-hydrogen) atoms. The first-order valence-electron chi connectivity index (χ1n) is 7.26. The molecule has 0 bridgehead atoms. The van der Waals surface area contributed by atoms with Crippen LogP contribution in [0, 0.1) is 0 Å². The first kappa shape index (κ1) is 14.6. The van der Waals surface area contributed by atoms with Gasteiger partial charge in [-0.25, -0.2) is 0 Å². The Morgan fingerprint density at radius 1 is 1.00 bits per heavy atom. The van der Waals surface area contributed by atoms with Crippen molar-refractivity contribution in [2.24, 2.45) is 0 Å². The van der Waals surface area contributed by atoms with E-state index >= 15 is 0 Å². The van der Waals surface area contributed by atoms with Crippen molar-refractivity contribution in [3.05, 3.63) is 35.9 Å². The smallest absolute Gasteiger partial charge is 0.403 e. The van der Waals surface area contributed by atoms with Crippen molar-refractivity contribution < 1.29 is 9.31 Å². The summed E-state index contributed by atoms with van der Waals surface area (Å²) in [6.07, 6.45) is 2.03. The summed E-state index contributed by atoms with van der Waals surface area (Å²) in [4.78, 5) is 0. The van der Waals surface area contributed by atoms with Gasteiger partial charge in [0, 0.05) is 0 Å². The fourth-order valence-corrected chi connectivity index (χ4v) is 2.56. The Kier molecular flexibility index (Phi) is 4.07. The number of hydrogen-bond acceptors (Lipinski definition) is 2. The van der Waals surface area contributed by atoms with Crippen molar-refractivity contribution in [3.63, 3.8) is 0 Å². The minimum Gasteiger partial charge on any atom is -0.403 e. The molecule has 1 fully saturated rings. The minimum absolute atomic E-state index is 0.102. The maximum atomic E-state index is 6.10. The minimum atomic E-state index is -0.230. The molecule has 0 spiro atoms. The van der Waals surface area contributed by atoms with Crippen LogP contribution in [0.4, 0.5) is 0 Å². The van der Waals surface area contributed by atoms with E-state index in [-0.39, 0.29) is 18.3 Å². The molecule has 1 atom stereocenters. The average Bonchev–Trinajstić information content (AvgIpc) is 2.56. The Labute approximate surface area is 117 Å². The second-order valence-electron chi connectivity index (χ2n) is 6.44. The molecule has 1 heterocycles. The van der Waals surface area contributed by atoms with Crippen molar-refractivity contribution >= 4 is 7.12 Å². The maximum absolute atomic E-state index is 6.10. The van der Waals surface area contributed by atoms with E-state index in [1.165, 1.54) is 5.56 Å². The van der Waals surface area contributed by atoms with E-state index in [4.69, 9.17) is 9.31 Å². The van der Waals surface area contributed by atoms with E-state index in [2.05, 4.69) is 65.0 Å². The van der Waals surface area contributed by atoms with Crippen LogP contribution in [0.25, 0.3) is 0 Å². The molecule has 0 saturated carbocycles. The molecule has 1 aromatic carbocycles. The van der Waals surface area contributed by atoms with E-state index in [1.54, 1.807) is 0 Å². The van der Waals surface area contributed by atoms with Crippen molar-refractivity contribution in [1.82, 2.24) is 0 Å². The van der Waals surface area contributed by atoms with Gasteiger partial charge in [0.2, 0.25) is 0 Å². The van der Waals surface area contributed by atoms with Gasteiger partial charge in [-0.1, -0.05) is 37.3 Å². The number of rotatable bonds is 4. The summed E-state index contributed by atoms with van der Waals surface area (Å²) < 4.78 is 12.2. The third-order valence-corrected chi connectivity index (χ3v) is 4.54. The lowest BCUT2D eigenvalue weighted by Crippen LogP contribution is -2.41. The SMILES string of the molecule is CCC(CB1OC(C)(C)C(C)(C)O1)c1ccccc1. The van der Waals surface area contributed by atoms with E-state index in [9.17, 15) is 0 Å². The van der Waals surface area contributed by atoms with Gasteiger partial charge in [0.1, 0.15) is 0 Å². The van der Waals surface area contributed by atoms with Gasteiger partial charge in [-0.2, -0.15) is 0 Å². The Balaban J connectivity index is 2.06. The lowest BCUT2D eigenvalue weighted by molar-refractivity contribution is 0.00578. The van der Waals surface area contributed by atoms with Crippen LogP contribution < -0.4 is 0 Å². The Morgan fingerprint density at radius 3 is 2.00 bits per heavy atom. The molecule has 1 unspecified atom stereocenters. The van der Waals surface area contributed by atoms with Gasteiger partial charge in [-0.15, -0.1) is 0 Å². The van der Waals surface area contributed by atoms with Crippen LogP contribution in [0.3, 0.4) is 0 Å². The largest absolute Gasteiger partial charge is 0.458 e. The number of benzene rings is 1. The summed E-state index contributed by atoms with van der Waals surface area (Å²) in [5.74, 6) is 0.496. The van der Waals surface area contributed by atoms with Crippen molar-refractivity contribution in [1.29, 1.82) is 0 Å². The third-order valence-electron chi connectivity index (χ3n) is 4.54. The highest BCUT2D eigenvalue weighted by molar-refractivity contribution is 6.45. The van der Waals surface area contributed by atoms with E-state index < -0.39 is 0 Å². The van der Waals surface area contributed by atoms with Gasteiger partial charge in [0.15, 0.2) is 0 Å². The molecule has 0 aromatic heterocycles. The highest BCUT2D eigenvalue weighted by atomic mass is 16.7. The van der Waals surface area contributed by atoms with Gasteiger partial charge in [0.05, 0.1) is 11.2 Å². The normalized spacial score (nSPS) is 22.5. The third kappa shape index (κ3) is 3.03. The van der Waals surface area contributed by atoms with Gasteiger partial charge in [-0.3, -0.25) is 0 Å². The zero-order valence-electron chi connectivity index (χ0n) is 12.8. The van der Waals surface area contributed by atoms with Gasteiger partial charge in [-0.05, 0) is 51.9 Å². The zero-order valence-corrected chi connectivity index (χ0v) is 12.8. The van der Waals surface area contributed by atoms with Crippen LogP contribution in [0.2, 0.25) is 6.32 Å². The van der Waals surface area contributed by atoms with Gasteiger partial charge in [0.25, 0.3) is 0 Å². The first-order chi connectivity index (χ1) is 8.86. The predicted octanol–water partition coefficient (Wildman–Crippen LogP) is 4.27. The highest BCUT2D eigenvalue weighted by Crippen LogP contribution is 2.40. The van der Waals surface area contributed by atoms with Gasteiger partial charge >= 0.3 is 7.12 Å². The van der Waals surface area contributed by atoms with Crippen molar-refractivity contribution in [2.75, 3.05) is 0 Å². The quantitative estimate of drug-likeness (QED) is 0.752. The standard InChI is InChI=1S/C16H25BO2/c1-6-13(14-10-8-7-9-11-14)12-17-18-15(2,3)16(4,5)19-17/h7-11,13H,6,12H2,1-5H3. The lowest BCUT2D eigenvalue weighted by atomic mass is 9.74. The Bertz CT molecular complexity index is 398. The molecule has 0 N–H and O–H groups in total. The first-order valence-corrected chi connectivity index (χ1v) is 7.26. The number of hydrogen-bond donors (Lipinski definition) is 0. The molecule has 2 nitrogen and oxygen atoms in total. The average molecular weight is 260 g/mol. The molecule has 1 aliphatic rings. The summed E-state index contributed by atoms with van der Waals surface area (Å²) in [5, 5.41) is 0. The molecule has 104 valence electrons. The molecular weight excluding hydrogens is 235 g/mol. The molecule has 0 aliphatic carbocycles. The summed E-state index contributed by atoms with van der Waals surface area (Å²) in [6, 6.07) is 10.6. The van der Waals surface area contributed by atoms with Crippen LogP contribution in [-0.4, -0.2) is 18.3 Å². The van der Waals surface area contributed by atoms with Crippen molar-refractivity contribution in [2.45, 2.75) is 64.5 Å². The maximum Gasteiger partial charge on any atom is 0.458 e. The molecule has 1 aromatic rings. The topological polar surface area (TPSA) is 18.5 Å². The Hall–Kier alpha value is -0.795. The second-order valence-corrected chi connectivity index (χ2v) is 6.44. The monoisotopic (exact) mass is 260 g/mol. The summed E-state index contributed by atoms with van der Waals surface area (Å²) in [7, 11) is -0.102. The van der Waals surface area contributed by atoms with Crippen LogP contribution in [0.5, 0.6) is 0 Å². The summed E-state index contributed by atoms with van der Waals surface area (Å²) >= 11 is 0. The lowest BCUT2D eigenvalue weighted by Gasteiger charge is -2.32. The molecule has 1 aliphatic heterocycles. The highest BCUT2D eigenvalue weighted by Gasteiger charge is 2.51. The molecule has 0 amide bonds. The summed E-state index contributed by atoms with van der Waals surface area (Å²) in [5.41, 5.74) is 0.916. The van der Waals surface area contributed by atoms with Crippen molar-refractivity contribution in [3.8, 4) is 0 Å². The van der Waals surface area contributed by atoms with Crippen LogP contribution >= 0.6 is 0 Å². The fourth-order valence-electron chi connectivity index (χ4n) is 2.56. The van der Waals surface area contributed by atoms with E-state index in [0.29, 0.717) is 5.92 Å². The molecule has 3 heteroatoms. The summed E-state index contributed by atoms with van der Waals surface area (Å²) in [6.45, 7) is 10.7. The van der Waals surface area contributed by atoms with E-state index in [0.717, 1.165) is 12.7 Å². The van der Waals surface area contributed by atoms with Crippen LogP contribution in [0.15, 0.2) is 30.3 Å². The Morgan fingerprint density at radius 2 is 1.53 bits per heavy atom. The van der Waals surface area contributed by atoms with E-state index in [1.807, 2.05) is 0 Å².